The predicted molar refractivity (Wildman–Crippen MR) is 218 cm³/mol. The Morgan fingerprint density at radius 1 is 1.00 bits per heavy atom. The van der Waals surface area contributed by atoms with Crippen molar-refractivity contribution in [3.63, 3.8) is 0 Å². The Morgan fingerprint density at radius 2 is 1.73 bits per heavy atom. The van der Waals surface area contributed by atoms with Crippen LogP contribution in [-0.4, -0.2) is 120 Å². The Morgan fingerprint density at radius 3 is 2.41 bits per heavy atom. The third kappa shape index (κ3) is 9.78. The summed E-state index contributed by atoms with van der Waals surface area (Å²) in [5.74, 6) is -4.16. The molecule has 20 nitrogen and oxygen atoms in total. The number of nitrogens with zero attached hydrogens (tertiary/aromatic N) is 4. The van der Waals surface area contributed by atoms with Crippen LogP contribution >= 0.6 is 0 Å². The molecule has 340 valence electrons. The molecule has 63 heavy (non-hydrogen) atoms. The zero-order chi connectivity index (χ0) is 45.6. The predicted octanol–water partition coefficient (Wildman–Crippen LogP) is 2.57. The lowest BCUT2D eigenvalue weighted by Gasteiger charge is -2.31. The first-order chi connectivity index (χ1) is 29.6. The smallest absolute Gasteiger partial charge is 0.410 e. The molecule has 3 heterocycles. The zero-order valence-electron chi connectivity index (χ0n) is 34.7. The van der Waals surface area contributed by atoms with Crippen molar-refractivity contribution < 1.29 is 59.6 Å². The molecule has 0 spiro atoms. The van der Waals surface area contributed by atoms with Crippen LogP contribution in [0.25, 0.3) is 0 Å². The highest BCUT2D eigenvalue weighted by atomic mass is 32.2. The van der Waals surface area contributed by atoms with Crippen LogP contribution in [0.3, 0.4) is 0 Å². The zero-order valence-corrected chi connectivity index (χ0v) is 36.3. The molecule has 0 radical (unpaired) electrons. The maximum absolute atomic E-state index is 14.8. The quantitative estimate of drug-likeness (QED) is 0.196. The monoisotopic (exact) mass is 917 g/mol. The van der Waals surface area contributed by atoms with Crippen LogP contribution in [0.4, 0.5) is 19.7 Å². The highest BCUT2D eigenvalue weighted by molar-refractivity contribution is 7.91. The fourth-order valence-corrected chi connectivity index (χ4v) is 11.0. The van der Waals surface area contributed by atoms with E-state index in [-0.39, 0.29) is 38.9 Å². The van der Waals surface area contributed by atoms with Gasteiger partial charge in [-0.2, -0.15) is 4.31 Å². The van der Waals surface area contributed by atoms with Gasteiger partial charge in [-0.05, 0) is 70.6 Å². The molecule has 2 aromatic rings. The van der Waals surface area contributed by atoms with Gasteiger partial charge >= 0.3 is 12.2 Å². The average Bonchev–Trinajstić information content (AvgIpc) is 4.09. The van der Waals surface area contributed by atoms with Crippen LogP contribution in [0.2, 0.25) is 0 Å². The highest BCUT2D eigenvalue weighted by Gasteiger charge is 2.62. The standard InChI is InChI=1S/C40H48FN7O13S2/c1-39(2,3)61-37(52)42-30-16-18-46(63(58,59)33-13-5-4-12-31(33)48(54)55)17-7-6-10-25-20-40(25,36(51)44-62(56,57)27-14-15-27)43-34(49)32-19-26(22-47(32)35(30)50)60-38(53)45-21-24-9-8-11-29(41)28(24)23-45/h4-6,8-13,25-27,30,32H,7,14-23H2,1-3H3,(H,42,52)(H,43,49)(H,44,51)/t25-,26?,30+,32+,40-/m1/s1. The van der Waals surface area contributed by atoms with E-state index in [9.17, 15) is 55.3 Å². The topological polar surface area (TPSA) is 261 Å². The number of benzene rings is 2. The van der Waals surface area contributed by atoms with E-state index in [4.69, 9.17) is 9.47 Å². The van der Waals surface area contributed by atoms with Crippen LogP contribution in [0, 0.1) is 21.8 Å². The van der Waals surface area contributed by atoms with Gasteiger partial charge in [-0.3, -0.25) is 34.1 Å². The van der Waals surface area contributed by atoms with Gasteiger partial charge in [0.15, 0.2) is 4.90 Å². The maximum atomic E-state index is 14.8. The number of alkyl carbamates (subject to hydrolysis) is 1. The molecule has 3 fully saturated rings. The number of ether oxygens (including phenoxy) is 2. The fourth-order valence-electron chi connectivity index (χ4n) is 8.05. The summed E-state index contributed by atoms with van der Waals surface area (Å²) in [6.07, 6.45) is -0.250. The number of carbonyl (C=O) groups excluding carboxylic acids is 5. The second-order valence-electron chi connectivity index (χ2n) is 17.3. The molecule has 3 aliphatic heterocycles. The molecule has 0 aromatic heterocycles. The number of rotatable bonds is 8. The van der Waals surface area contributed by atoms with Gasteiger partial charge in [0.1, 0.15) is 35.1 Å². The van der Waals surface area contributed by atoms with Gasteiger partial charge in [-0.25, -0.2) is 30.8 Å². The number of fused-ring (bicyclic) bond motifs is 3. The van der Waals surface area contributed by atoms with Crippen LogP contribution in [0.1, 0.15) is 70.4 Å². The number of nitro groups is 1. The number of sulfonamides is 2. The lowest BCUT2D eigenvalue weighted by Crippen LogP contribution is -2.58. The molecule has 2 aliphatic carbocycles. The van der Waals surface area contributed by atoms with Crippen molar-refractivity contribution in [1.29, 1.82) is 0 Å². The van der Waals surface area contributed by atoms with Gasteiger partial charge in [0.05, 0.1) is 23.3 Å². The maximum Gasteiger partial charge on any atom is 0.410 e. The van der Waals surface area contributed by atoms with Crippen LogP contribution in [0.5, 0.6) is 0 Å². The minimum atomic E-state index is -4.67. The van der Waals surface area contributed by atoms with E-state index in [2.05, 4.69) is 15.4 Å². The van der Waals surface area contributed by atoms with Crippen molar-refractivity contribution in [3.8, 4) is 0 Å². The molecule has 5 amide bonds. The Bertz CT molecular complexity index is 2480. The summed E-state index contributed by atoms with van der Waals surface area (Å²) in [6.45, 7) is 3.40. The molecule has 5 aliphatic rings. The summed E-state index contributed by atoms with van der Waals surface area (Å²) in [7, 11) is -8.77. The minimum absolute atomic E-state index is 0.0228. The summed E-state index contributed by atoms with van der Waals surface area (Å²) in [5, 5.41) is 16.3. The lowest BCUT2D eigenvalue weighted by molar-refractivity contribution is -0.387. The third-order valence-electron chi connectivity index (χ3n) is 11.5. The van der Waals surface area contributed by atoms with E-state index in [1.165, 1.54) is 41.3 Å². The van der Waals surface area contributed by atoms with E-state index in [1.54, 1.807) is 26.8 Å². The van der Waals surface area contributed by atoms with Crippen LogP contribution in [0.15, 0.2) is 59.5 Å². The van der Waals surface area contributed by atoms with E-state index < -0.39 is 131 Å². The summed E-state index contributed by atoms with van der Waals surface area (Å²) in [4.78, 5) is 82.7. The molecule has 3 N–H and O–H groups in total. The van der Waals surface area contributed by atoms with Crippen molar-refractivity contribution in [2.24, 2.45) is 5.92 Å². The van der Waals surface area contributed by atoms with E-state index in [0.29, 0.717) is 24.0 Å². The second kappa shape index (κ2) is 17.1. The molecule has 7 rings (SSSR count). The Hall–Kier alpha value is -5.68. The van der Waals surface area contributed by atoms with E-state index >= 15 is 0 Å². The second-order valence-corrected chi connectivity index (χ2v) is 21.1. The van der Waals surface area contributed by atoms with Gasteiger partial charge < -0.3 is 25.0 Å². The summed E-state index contributed by atoms with van der Waals surface area (Å²) < 4.78 is 83.1. The number of halogens is 1. The van der Waals surface area contributed by atoms with Crippen molar-refractivity contribution in [2.75, 3.05) is 19.6 Å². The van der Waals surface area contributed by atoms with Crippen molar-refractivity contribution >= 4 is 55.6 Å². The molecule has 1 unspecified atom stereocenters. The summed E-state index contributed by atoms with van der Waals surface area (Å²) >= 11 is 0. The van der Waals surface area contributed by atoms with E-state index in [0.717, 1.165) is 21.3 Å². The highest BCUT2D eigenvalue weighted by Crippen LogP contribution is 2.46. The third-order valence-corrected chi connectivity index (χ3v) is 15.3. The SMILES string of the molecule is CC(C)(C)OC(=O)N[C@H]1CCN(S(=O)(=O)c2ccccc2[N+](=O)[O-])CCC=C[C@@H]2C[C@@]2(C(=O)NS(=O)(=O)C2CC2)NC(=O)[C@@H]2CC(OC(=O)N3Cc4cccc(F)c4C3)CN2C1=O. The van der Waals surface area contributed by atoms with Crippen molar-refractivity contribution in [1.82, 2.24) is 29.5 Å². The number of carbonyl (C=O) groups is 5. The first-order valence-electron chi connectivity index (χ1n) is 20.4. The van der Waals surface area contributed by atoms with Crippen molar-refractivity contribution in [2.45, 2.75) is 112 Å². The number of nitro benzene ring substituents is 1. The summed E-state index contributed by atoms with van der Waals surface area (Å²) in [5.41, 5.74) is -2.72. The number of nitrogens with one attached hydrogen (secondary N) is 3. The Kier molecular flexibility index (Phi) is 12.3. The molecular weight excluding hydrogens is 870 g/mol. The molecule has 23 heteroatoms. The van der Waals surface area contributed by atoms with Crippen LogP contribution < -0.4 is 15.4 Å². The van der Waals surface area contributed by atoms with Crippen molar-refractivity contribution in [3.05, 3.63) is 81.7 Å². The minimum Gasteiger partial charge on any atom is -0.444 e. The Balaban J connectivity index is 1.24. The normalized spacial score (nSPS) is 25.7. The molecule has 2 saturated carbocycles. The van der Waals surface area contributed by atoms with Gasteiger partial charge in [0.2, 0.25) is 31.9 Å². The lowest BCUT2D eigenvalue weighted by atomic mass is 10.1. The fraction of sp³-hybridized carbons (Fsp3) is 0.525. The molecule has 5 atom stereocenters. The number of amides is 5. The molecular formula is C40H48FN7O13S2. The van der Waals surface area contributed by atoms with Gasteiger partial charge in [0, 0.05) is 43.6 Å². The largest absolute Gasteiger partial charge is 0.444 e. The van der Waals surface area contributed by atoms with Gasteiger partial charge in [-0.1, -0.05) is 36.4 Å². The number of para-hydroxylation sites is 1. The molecule has 0 bridgehead atoms. The average molecular weight is 918 g/mol. The van der Waals surface area contributed by atoms with Crippen LogP contribution in [-0.2, 0) is 57.0 Å². The first-order valence-corrected chi connectivity index (χ1v) is 23.4. The first kappa shape index (κ1) is 45.3. The molecule has 1 saturated heterocycles. The number of hydrogen-bond donors (Lipinski definition) is 3. The van der Waals surface area contributed by atoms with Gasteiger partial charge in [-0.15, -0.1) is 0 Å². The van der Waals surface area contributed by atoms with E-state index in [1.807, 2.05) is 0 Å². The van der Waals surface area contributed by atoms with Gasteiger partial charge in [0.25, 0.3) is 11.6 Å². The Labute approximate surface area is 362 Å². The summed E-state index contributed by atoms with van der Waals surface area (Å²) in [6, 6.07) is 6.04. The number of hydrogen-bond acceptors (Lipinski definition) is 13. The molecule has 2 aromatic carbocycles.